The van der Waals surface area contributed by atoms with Crippen LogP contribution >= 0.6 is 0 Å². The Balaban J connectivity index is 1.49. The standard InChI is InChI=1S/C14H22N2O/c17-14(13(11-1-2-11)12-3-4-12)16-9-10-5-7-15-8-6-10/h5,11-13,15H,1-4,6-9H2,(H,16,17). The van der Waals surface area contributed by atoms with Crippen LogP contribution in [0.25, 0.3) is 0 Å². The van der Waals surface area contributed by atoms with Crippen molar-refractivity contribution in [3.05, 3.63) is 11.6 Å². The number of nitrogens with one attached hydrogen (secondary N) is 2. The molecular formula is C14H22N2O. The third kappa shape index (κ3) is 2.89. The van der Waals surface area contributed by atoms with Crippen LogP contribution in [-0.2, 0) is 4.79 Å². The molecule has 2 fully saturated rings. The van der Waals surface area contributed by atoms with Crippen molar-refractivity contribution in [2.45, 2.75) is 32.1 Å². The lowest BCUT2D eigenvalue weighted by Crippen LogP contribution is -2.35. The van der Waals surface area contributed by atoms with Crippen LogP contribution in [0.4, 0.5) is 0 Å². The molecule has 3 aliphatic rings. The molecule has 0 saturated heterocycles. The summed E-state index contributed by atoms with van der Waals surface area (Å²) in [7, 11) is 0. The Hall–Kier alpha value is -0.830. The van der Waals surface area contributed by atoms with Gasteiger partial charge >= 0.3 is 0 Å². The molecule has 0 aromatic rings. The molecule has 94 valence electrons. The van der Waals surface area contributed by atoms with Gasteiger partial charge in [0.25, 0.3) is 0 Å². The van der Waals surface area contributed by atoms with Gasteiger partial charge in [-0.25, -0.2) is 0 Å². The van der Waals surface area contributed by atoms with E-state index >= 15 is 0 Å². The van der Waals surface area contributed by atoms with E-state index in [9.17, 15) is 4.79 Å². The highest BCUT2D eigenvalue weighted by molar-refractivity contribution is 5.80. The van der Waals surface area contributed by atoms with Crippen LogP contribution in [0.2, 0.25) is 0 Å². The molecule has 2 N–H and O–H groups in total. The summed E-state index contributed by atoms with van der Waals surface area (Å²) in [6, 6.07) is 0. The molecule has 1 aliphatic heterocycles. The second-order valence-corrected chi connectivity index (χ2v) is 5.73. The number of hydrogen-bond donors (Lipinski definition) is 2. The molecule has 0 unspecified atom stereocenters. The van der Waals surface area contributed by atoms with E-state index in [-0.39, 0.29) is 0 Å². The van der Waals surface area contributed by atoms with E-state index in [0.717, 1.165) is 26.1 Å². The number of carbonyl (C=O) groups excluding carboxylic acids is 1. The minimum atomic E-state index is 0.328. The Morgan fingerprint density at radius 2 is 2.06 bits per heavy atom. The monoisotopic (exact) mass is 234 g/mol. The zero-order chi connectivity index (χ0) is 11.7. The van der Waals surface area contributed by atoms with E-state index < -0.39 is 0 Å². The largest absolute Gasteiger partial charge is 0.352 e. The van der Waals surface area contributed by atoms with Crippen LogP contribution in [0.1, 0.15) is 32.1 Å². The van der Waals surface area contributed by atoms with Crippen LogP contribution < -0.4 is 10.6 Å². The van der Waals surface area contributed by atoms with E-state index in [1.165, 1.54) is 31.3 Å². The van der Waals surface area contributed by atoms with Crippen molar-refractivity contribution < 1.29 is 4.79 Å². The minimum Gasteiger partial charge on any atom is -0.352 e. The summed E-state index contributed by atoms with van der Waals surface area (Å²) in [5, 5.41) is 6.45. The van der Waals surface area contributed by atoms with Crippen molar-refractivity contribution >= 4 is 5.91 Å². The van der Waals surface area contributed by atoms with Crippen molar-refractivity contribution in [1.82, 2.24) is 10.6 Å². The maximum Gasteiger partial charge on any atom is 0.223 e. The van der Waals surface area contributed by atoms with Gasteiger partial charge in [0.15, 0.2) is 0 Å². The molecule has 0 spiro atoms. The van der Waals surface area contributed by atoms with E-state index in [2.05, 4.69) is 16.7 Å². The lowest BCUT2D eigenvalue weighted by atomic mass is 9.96. The Kier molecular flexibility index (Phi) is 3.19. The second kappa shape index (κ2) is 4.81. The smallest absolute Gasteiger partial charge is 0.223 e. The first-order valence-corrected chi connectivity index (χ1v) is 7.01. The Morgan fingerprint density at radius 1 is 1.35 bits per heavy atom. The fourth-order valence-corrected chi connectivity index (χ4v) is 2.87. The predicted octanol–water partition coefficient (Wildman–Crippen LogP) is 1.46. The summed E-state index contributed by atoms with van der Waals surface area (Å²) >= 11 is 0. The lowest BCUT2D eigenvalue weighted by molar-refractivity contribution is -0.126. The average molecular weight is 234 g/mol. The first-order chi connectivity index (χ1) is 8.34. The van der Waals surface area contributed by atoms with E-state index in [4.69, 9.17) is 0 Å². The first-order valence-electron chi connectivity index (χ1n) is 7.01. The highest BCUT2D eigenvalue weighted by atomic mass is 16.1. The van der Waals surface area contributed by atoms with Gasteiger partial charge in [0.1, 0.15) is 0 Å². The molecule has 0 atom stereocenters. The highest BCUT2D eigenvalue weighted by Crippen LogP contribution is 2.49. The fourth-order valence-electron chi connectivity index (χ4n) is 2.87. The molecule has 1 amide bonds. The minimum absolute atomic E-state index is 0.328. The summed E-state index contributed by atoms with van der Waals surface area (Å²) in [4.78, 5) is 12.2. The van der Waals surface area contributed by atoms with Gasteiger partial charge in [-0.2, -0.15) is 0 Å². The summed E-state index contributed by atoms with van der Waals surface area (Å²) in [6.45, 7) is 2.78. The van der Waals surface area contributed by atoms with E-state index in [1.807, 2.05) is 0 Å². The summed E-state index contributed by atoms with van der Waals surface area (Å²) in [5.41, 5.74) is 1.39. The van der Waals surface area contributed by atoms with Crippen LogP contribution in [0.15, 0.2) is 11.6 Å². The molecule has 2 saturated carbocycles. The van der Waals surface area contributed by atoms with Crippen molar-refractivity contribution in [3.8, 4) is 0 Å². The van der Waals surface area contributed by atoms with E-state index in [0.29, 0.717) is 23.7 Å². The Labute approximate surface area is 103 Å². The van der Waals surface area contributed by atoms with E-state index in [1.54, 1.807) is 0 Å². The molecule has 0 bridgehead atoms. The molecule has 1 heterocycles. The topological polar surface area (TPSA) is 41.1 Å². The molecule has 2 aliphatic carbocycles. The summed E-state index contributed by atoms with van der Waals surface area (Å²) in [6.07, 6.45) is 8.41. The lowest BCUT2D eigenvalue weighted by Gasteiger charge is -2.18. The van der Waals surface area contributed by atoms with Crippen molar-refractivity contribution in [3.63, 3.8) is 0 Å². The third-order valence-electron chi connectivity index (χ3n) is 4.21. The van der Waals surface area contributed by atoms with Gasteiger partial charge in [-0.05, 0) is 50.5 Å². The van der Waals surface area contributed by atoms with Crippen molar-refractivity contribution in [2.75, 3.05) is 19.6 Å². The molecule has 0 radical (unpaired) electrons. The third-order valence-corrected chi connectivity index (χ3v) is 4.21. The Bertz CT molecular complexity index is 317. The maximum atomic E-state index is 12.2. The average Bonchev–Trinajstić information content (AvgIpc) is 3.22. The zero-order valence-corrected chi connectivity index (χ0v) is 10.4. The van der Waals surface area contributed by atoms with Gasteiger partial charge in [-0.1, -0.05) is 11.6 Å². The van der Waals surface area contributed by atoms with Gasteiger partial charge in [-0.15, -0.1) is 0 Å². The van der Waals surface area contributed by atoms with Crippen molar-refractivity contribution in [2.24, 2.45) is 17.8 Å². The van der Waals surface area contributed by atoms with Crippen molar-refractivity contribution in [1.29, 1.82) is 0 Å². The Morgan fingerprint density at radius 3 is 2.59 bits per heavy atom. The molecule has 3 rings (SSSR count). The molecular weight excluding hydrogens is 212 g/mol. The fraction of sp³-hybridized carbons (Fsp3) is 0.786. The molecule has 0 aromatic heterocycles. The molecule has 3 nitrogen and oxygen atoms in total. The second-order valence-electron chi connectivity index (χ2n) is 5.73. The normalized spacial score (nSPS) is 24.6. The van der Waals surface area contributed by atoms with Crippen LogP contribution in [0, 0.1) is 17.8 Å². The van der Waals surface area contributed by atoms with Gasteiger partial charge in [0.2, 0.25) is 5.91 Å². The molecule has 17 heavy (non-hydrogen) atoms. The molecule has 3 heteroatoms. The first kappa shape index (κ1) is 11.3. The number of hydrogen-bond acceptors (Lipinski definition) is 2. The number of amides is 1. The van der Waals surface area contributed by atoms with Gasteiger partial charge in [0, 0.05) is 19.0 Å². The van der Waals surface area contributed by atoms with Crippen LogP contribution in [-0.4, -0.2) is 25.5 Å². The quantitative estimate of drug-likeness (QED) is 0.707. The maximum absolute atomic E-state index is 12.2. The zero-order valence-electron chi connectivity index (χ0n) is 10.4. The highest BCUT2D eigenvalue weighted by Gasteiger charge is 2.45. The van der Waals surface area contributed by atoms with Gasteiger partial charge in [-0.3, -0.25) is 4.79 Å². The number of carbonyl (C=O) groups is 1. The van der Waals surface area contributed by atoms with Gasteiger partial charge < -0.3 is 10.6 Å². The van der Waals surface area contributed by atoms with Gasteiger partial charge in [0.05, 0.1) is 0 Å². The molecule has 0 aromatic carbocycles. The summed E-state index contributed by atoms with van der Waals surface area (Å²) in [5.74, 6) is 2.10. The SMILES string of the molecule is O=C(NCC1=CCNCC1)C(C1CC1)C1CC1. The van der Waals surface area contributed by atoms with Crippen LogP contribution in [0.3, 0.4) is 0 Å². The number of rotatable bonds is 5. The predicted molar refractivity (Wildman–Crippen MR) is 67.5 cm³/mol. The van der Waals surface area contributed by atoms with Crippen LogP contribution in [0.5, 0.6) is 0 Å². The summed E-state index contributed by atoms with van der Waals surface area (Å²) < 4.78 is 0.